The third-order valence-electron chi connectivity index (χ3n) is 2.87. The molecule has 0 aliphatic heterocycles. The zero-order valence-corrected chi connectivity index (χ0v) is 11.4. The van der Waals surface area contributed by atoms with E-state index in [1.807, 2.05) is 6.07 Å². The van der Waals surface area contributed by atoms with Crippen molar-refractivity contribution in [3.05, 3.63) is 29.8 Å². The zero-order valence-electron chi connectivity index (χ0n) is 11.4. The topological polar surface area (TPSA) is 43.8 Å². The third kappa shape index (κ3) is 4.37. The number of hydrogen-bond donors (Lipinski definition) is 1. The molecule has 0 fully saturated rings. The highest BCUT2D eigenvalue weighted by molar-refractivity contribution is 5.88. The fourth-order valence-corrected chi connectivity index (χ4v) is 1.88. The van der Waals surface area contributed by atoms with Crippen molar-refractivity contribution in [1.82, 2.24) is 4.90 Å². The molecule has 0 radical (unpaired) electrons. The van der Waals surface area contributed by atoms with Crippen LogP contribution in [0.3, 0.4) is 0 Å². The molecular weight excluding hydrogens is 228 g/mol. The van der Waals surface area contributed by atoms with Crippen LogP contribution in [0.4, 0.5) is 5.69 Å². The lowest BCUT2D eigenvalue weighted by Crippen LogP contribution is -2.27. The van der Waals surface area contributed by atoms with E-state index in [1.165, 1.54) is 0 Å². The van der Waals surface area contributed by atoms with Crippen LogP contribution in [0.25, 0.3) is 0 Å². The molecule has 0 aromatic heterocycles. The van der Waals surface area contributed by atoms with Crippen LogP contribution in [-0.4, -0.2) is 49.7 Å². The normalized spacial score (nSPS) is 10.7. The van der Waals surface area contributed by atoms with Crippen LogP contribution in [0, 0.1) is 0 Å². The molecule has 4 heteroatoms. The minimum absolute atomic E-state index is 0.346. The SMILES string of the molecule is CCN(CCCN(C)C)c1cccc(C(=O)O)c1. The fourth-order valence-electron chi connectivity index (χ4n) is 1.88. The van der Waals surface area contributed by atoms with Gasteiger partial charge in [0.2, 0.25) is 0 Å². The molecule has 0 saturated heterocycles. The lowest BCUT2D eigenvalue weighted by molar-refractivity contribution is 0.0697. The maximum atomic E-state index is 10.9. The van der Waals surface area contributed by atoms with Crippen LogP contribution >= 0.6 is 0 Å². The Morgan fingerprint density at radius 2 is 2.00 bits per heavy atom. The van der Waals surface area contributed by atoms with Crippen LogP contribution in [0.1, 0.15) is 23.7 Å². The molecule has 0 saturated carbocycles. The van der Waals surface area contributed by atoms with E-state index >= 15 is 0 Å². The van der Waals surface area contributed by atoms with E-state index in [-0.39, 0.29) is 0 Å². The molecule has 0 aliphatic carbocycles. The van der Waals surface area contributed by atoms with Crippen molar-refractivity contribution in [2.24, 2.45) is 0 Å². The van der Waals surface area contributed by atoms with Gasteiger partial charge in [-0.3, -0.25) is 0 Å². The Hall–Kier alpha value is -1.55. The predicted molar refractivity (Wildman–Crippen MR) is 74.5 cm³/mol. The Labute approximate surface area is 109 Å². The van der Waals surface area contributed by atoms with E-state index in [4.69, 9.17) is 5.11 Å². The summed E-state index contributed by atoms with van der Waals surface area (Å²) >= 11 is 0. The number of hydrogen-bond acceptors (Lipinski definition) is 3. The number of nitrogens with zero attached hydrogens (tertiary/aromatic N) is 2. The molecular formula is C14H22N2O2. The Kier molecular flexibility index (Phi) is 5.65. The number of benzene rings is 1. The summed E-state index contributed by atoms with van der Waals surface area (Å²) in [5, 5.41) is 8.99. The van der Waals surface area contributed by atoms with Crippen molar-refractivity contribution in [3.63, 3.8) is 0 Å². The van der Waals surface area contributed by atoms with Gasteiger partial charge in [0, 0.05) is 18.8 Å². The number of aromatic carboxylic acids is 1. The quantitative estimate of drug-likeness (QED) is 0.805. The number of carboxylic acid groups (broad SMARTS) is 1. The molecule has 1 rings (SSSR count). The van der Waals surface area contributed by atoms with Gasteiger partial charge in [-0.1, -0.05) is 6.07 Å². The molecule has 1 aromatic rings. The summed E-state index contributed by atoms with van der Waals surface area (Å²) in [5.41, 5.74) is 1.33. The summed E-state index contributed by atoms with van der Waals surface area (Å²) in [6.45, 7) is 4.95. The molecule has 1 aromatic carbocycles. The summed E-state index contributed by atoms with van der Waals surface area (Å²) in [6.07, 6.45) is 1.07. The van der Waals surface area contributed by atoms with Crippen LogP contribution in [0.5, 0.6) is 0 Å². The molecule has 0 amide bonds. The molecule has 0 atom stereocenters. The molecule has 4 nitrogen and oxygen atoms in total. The lowest BCUT2D eigenvalue weighted by Gasteiger charge is -2.24. The minimum atomic E-state index is -0.874. The zero-order chi connectivity index (χ0) is 13.5. The van der Waals surface area contributed by atoms with E-state index in [0.717, 1.165) is 31.7 Å². The largest absolute Gasteiger partial charge is 0.478 e. The highest BCUT2D eigenvalue weighted by Gasteiger charge is 2.08. The predicted octanol–water partition coefficient (Wildman–Crippen LogP) is 2.16. The number of rotatable bonds is 7. The van der Waals surface area contributed by atoms with Crippen LogP contribution in [0.15, 0.2) is 24.3 Å². The first-order chi connectivity index (χ1) is 8.54. The number of carbonyl (C=O) groups is 1. The number of carboxylic acids is 1. The van der Waals surface area contributed by atoms with Crippen molar-refractivity contribution >= 4 is 11.7 Å². The van der Waals surface area contributed by atoms with Gasteiger partial charge in [-0.2, -0.15) is 0 Å². The molecule has 0 heterocycles. The van der Waals surface area contributed by atoms with Crippen molar-refractivity contribution in [1.29, 1.82) is 0 Å². The fraction of sp³-hybridized carbons (Fsp3) is 0.500. The molecule has 0 unspecified atom stereocenters. The monoisotopic (exact) mass is 250 g/mol. The summed E-state index contributed by atoms with van der Waals surface area (Å²) in [6, 6.07) is 7.12. The van der Waals surface area contributed by atoms with Gasteiger partial charge in [-0.25, -0.2) is 4.79 Å². The van der Waals surface area contributed by atoms with Crippen molar-refractivity contribution in [2.45, 2.75) is 13.3 Å². The van der Waals surface area contributed by atoms with Gasteiger partial charge < -0.3 is 14.9 Å². The van der Waals surface area contributed by atoms with E-state index in [1.54, 1.807) is 18.2 Å². The Balaban J connectivity index is 2.69. The Bertz CT molecular complexity index is 391. The average Bonchev–Trinajstić information content (AvgIpc) is 2.34. The minimum Gasteiger partial charge on any atom is -0.478 e. The van der Waals surface area contributed by atoms with Gasteiger partial charge >= 0.3 is 5.97 Å². The van der Waals surface area contributed by atoms with Crippen LogP contribution in [0.2, 0.25) is 0 Å². The third-order valence-corrected chi connectivity index (χ3v) is 2.87. The summed E-state index contributed by atoms with van der Waals surface area (Å²) in [5.74, 6) is -0.874. The first-order valence-electron chi connectivity index (χ1n) is 6.27. The van der Waals surface area contributed by atoms with E-state index in [2.05, 4.69) is 30.8 Å². The van der Waals surface area contributed by atoms with E-state index < -0.39 is 5.97 Å². The van der Waals surface area contributed by atoms with Crippen molar-refractivity contribution in [3.8, 4) is 0 Å². The Morgan fingerprint density at radius 1 is 1.28 bits per heavy atom. The van der Waals surface area contributed by atoms with Gasteiger partial charge in [-0.15, -0.1) is 0 Å². The molecule has 1 N–H and O–H groups in total. The maximum absolute atomic E-state index is 10.9. The summed E-state index contributed by atoms with van der Waals surface area (Å²) < 4.78 is 0. The van der Waals surface area contributed by atoms with Crippen molar-refractivity contribution in [2.75, 3.05) is 38.6 Å². The molecule has 100 valence electrons. The molecule has 0 bridgehead atoms. The highest BCUT2D eigenvalue weighted by Crippen LogP contribution is 2.16. The number of anilines is 1. The second-order valence-electron chi connectivity index (χ2n) is 4.59. The highest BCUT2D eigenvalue weighted by atomic mass is 16.4. The van der Waals surface area contributed by atoms with Gasteiger partial charge in [0.15, 0.2) is 0 Å². The van der Waals surface area contributed by atoms with Gasteiger partial charge in [0.25, 0.3) is 0 Å². The van der Waals surface area contributed by atoms with Gasteiger partial charge in [-0.05, 0) is 52.2 Å². The summed E-state index contributed by atoms with van der Waals surface area (Å²) in [4.78, 5) is 15.3. The second kappa shape index (κ2) is 7.01. The second-order valence-corrected chi connectivity index (χ2v) is 4.59. The smallest absolute Gasteiger partial charge is 0.335 e. The van der Waals surface area contributed by atoms with E-state index in [9.17, 15) is 4.79 Å². The van der Waals surface area contributed by atoms with Crippen LogP contribution in [-0.2, 0) is 0 Å². The van der Waals surface area contributed by atoms with Crippen LogP contribution < -0.4 is 4.90 Å². The van der Waals surface area contributed by atoms with Gasteiger partial charge in [0.1, 0.15) is 0 Å². The Morgan fingerprint density at radius 3 is 2.56 bits per heavy atom. The maximum Gasteiger partial charge on any atom is 0.335 e. The lowest BCUT2D eigenvalue weighted by atomic mass is 10.2. The first-order valence-corrected chi connectivity index (χ1v) is 6.27. The summed E-state index contributed by atoms with van der Waals surface area (Å²) in [7, 11) is 4.11. The molecule has 18 heavy (non-hydrogen) atoms. The standard InChI is InChI=1S/C14H22N2O2/c1-4-16(10-6-9-15(2)3)13-8-5-7-12(11-13)14(17)18/h5,7-8,11H,4,6,9-10H2,1-3H3,(H,17,18). The average molecular weight is 250 g/mol. The molecule has 0 aliphatic rings. The van der Waals surface area contributed by atoms with Crippen molar-refractivity contribution < 1.29 is 9.90 Å². The van der Waals surface area contributed by atoms with Gasteiger partial charge in [0.05, 0.1) is 5.56 Å². The first kappa shape index (κ1) is 14.5. The van der Waals surface area contributed by atoms with E-state index in [0.29, 0.717) is 5.56 Å². The molecule has 0 spiro atoms.